The van der Waals surface area contributed by atoms with E-state index in [1.807, 2.05) is 0 Å². The van der Waals surface area contributed by atoms with Gasteiger partial charge in [-0.25, -0.2) is 18.5 Å². The third kappa shape index (κ3) is 8.88. The van der Waals surface area contributed by atoms with Crippen molar-refractivity contribution in [3.05, 3.63) is 33.2 Å². The summed E-state index contributed by atoms with van der Waals surface area (Å²) in [7, 11) is -16.7. The predicted octanol–water partition coefficient (Wildman–Crippen LogP) is 0.498. The lowest BCUT2D eigenvalue weighted by atomic mass is 10.2. The van der Waals surface area contributed by atoms with Gasteiger partial charge in [0.15, 0.2) is 0 Å². The van der Waals surface area contributed by atoms with Crippen LogP contribution >= 0.6 is 23.5 Å². The second-order valence-electron chi connectivity index (χ2n) is 6.27. The van der Waals surface area contributed by atoms with E-state index in [1.54, 1.807) is 0 Å². The lowest BCUT2D eigenvalue weighted by Crippen LogP contribution is -2.31. The molecule has 1 aliphatic rings. The van der Waals surface area contributed by atoms with Crippen molar-refractivity contribution in [3.63, 3.8) is 0 Å². The van der Waals surface area contributed by atoms with E-state index in [0.717, 1.165) is 4.57 Å². The summed E-state index contributed by atoms with van der Waals surface area (Å²) < 4.78 is 58.0. The molecule has 2 rings (SSSR count). The highest BCUT2D eigenvalue weighted by molar-refractivity contribution is 7.66. The summed E-state index contributed by atoms with van der Waals surface area (Å²) in [6, 6.07) is 1.31. The fourth-order valence-corrected chi connectivity index (χ4v) is 5.66. The van der Waals surface area contributed by atoms with Gasteiger partial charge in [-0.2, -0.15) is 13.6 Å². The number of nitrogens with zero attached hydrogens (tertiary/aromatic N) is 5. The molecule has 22 heteroatoms. The standard InChI is InChI=1S/C11H19N6O13P3/c1-6(15-16-13)27-7-4-10(17-3-2-9(12)14-11(17)18)28-8(7)5-26-32(22,23)30-33(24,25)29-31(19,20)21/h2-3,6-8,10H,4-5H2,1H3,(H,22,23)(H,24,25)(H2,12,14,18)(H2,19,20,21)/t6-,7?,8-,10-/m1/s1. The molecule has 0 aromatic carbocycles. The maximum Gasteiger partial charge on any atom is 0.490 e. The van der Waals surface area contributed by atoms with E-state index in [4.69, 9.17) is 30.5 Å². The van der Waals surface area contributed by atoms with Crippen molar-refractivity contribution in [1.82, 2.24) is 9.55 Å². The lowest BCUT2D eigenvalue weighted by molar-refractivity contribution is -0.0757. The number of phosphoric acid groups is 3. The summed E-state index contributed by atoms with van der Waals surface area (Å²) >= 11 is 0. The summed E-state index contributed by atoms with van der Waals surface area (Å²) in [5.41, 5.74) is 13.2. The third-order valence-electron chi connectivity index (χ3n) is 3.75. The van der Waals surface area contributed by atoms with Crippen LogP contribution in [0, 0.1) is 0 Å². The molecule has 6 N–H and O–H groups in total. The normalized spacial score (nSPS) is 25.5. The Kier molecular flexibility index (Phi) is 8.95. The molecular weight excluding hydrogens is 517 g/mol. The Morgan fingerprint density at radius 3 is 2.58 bits per heavy atom. The van der Waals surface area contributed by atoms with Crippen LogP contribution in [0.3, 0.4) is 0 Å². The largest absolute Gasteiger partial charge is 0.490 e. The number of azide groups is 1. The van der Waals surface area contributed by atoms with Gasteiger partial charge in [-0.3, -0.25) is 9.09 Å². The number of ether oxygens (including phenoxy) is 2. The molecular formula is C11H19N6O13P3. The number of hydrogen-bond acceptors (Lipinski definition) is 12. The van der Waals surface area contributed by atoms with Gasteiger partial charge >= 0.3 is 29.2 Å². The van der Waals surface area contributed by atoms with Gasteiger partial charge < -0.3 is 34.8 Å². The number of nitrogens with two attached hydrogens (primary N) is 1. The Hall–Kier alpha value is -1.68. The fourth-order valence-electron chi connectivity index (χ4n) is 2.63. The van der Waals surface area contributed by atoms with E-state index >= 15 is 0 Å². The van der Waals surface area contributed by atoms with Crippen LogP contribution in [-0.2, 0) is 36.3 Å². The maximum atomic E-state index is 12.1. The Bertz CT molecular complexity index is 1100. The van der Waals surface area contributed by atoms with Gasteiger partial charge in [0.1, 0.15) is 24.4 Å². The second kappa shape index (κ2) is 10.7. The predicted molar refractivity (Wildman–Crippen MR) is 105 cm³/mol. The zero-order valence-corrected chi connectivity index (χ0v) is 19.2. The van der Waals surface area contributed by atoms with Crippen molar-refractivity contribution >= 4 is 29.3 Å². The molecule has 186 valence electrons. The quantitative estimate of drug-likeness (QED) is 0.111. The molecule has 0 spiro atoms. The highest BCUT2D eigenvalue weighted by Crippen LogP contribution is 2.66. The molecule has 2 heterocycles. The average Bonchev–Trinajstić information content (AvgIpc) is 2.99. The molecule has 33 heavy (non-hydrogen) atoms. The van der Waals surface area contributed by atoms with Crippen LogP contribution in [0.2, 0.25) is 0 Å². The maximum absolute atomic E-state index is 12.1. The first-order valence-corrected chi connectivity index (χ1v) is 13.1. The van der Waals surface area contributed by atoms with E-state index < -0.39 is 60.4 Å². The van der Waals surface area contributed by atoms with Crippen LogP contribution in [0.4, 0.5) is 5.82 Å². The summed E-state index contributed by atoms with van der Waals surface area (Å²) in [6.45, 7) is 0.536. The molecule has 1 fully saturated rings. The van der Waals surface area contributed by atoms with Gasteiger partial charge in [0.05, 0.1) is 12.7 Å². The second-order valence-corrected chi connectivity index (χ2v) is 10.7. The smallest absolute Gasteiger partial charge is 0.383 e. The number of anilines is 1. The van der Waals surface area contributed by atoms with Gasteiger partial charge in [0.2, 0.25) is 0 Å². The number of phosphoric ester groups is 1. The minimum atomic E-state index is -5.71. The van der Waals surface area contributed by atoms with E-state index in [-0.39, 0.29) is 12.2 Å². The van der Waals surface area contributed by atoms with Crippen molar-refractivity contribution in [1.29, 1.82) is 0 Å². The molecule has 0 saturated carbocycles. The molecule has 6 atom stereocenters. The van der Waals surface area contributed by atoms with Crippen molar-refractivity contribution in [2.24, 2.45) is 5.11 Å². The van der Waals surface area contributed by atoms with Crippen molar-refractivity contribution in [2.45, 2.75) is 38.0 Å². The van der Waals surface area contributed by atoms with Crippen LogP contribution in [0.25, 0.3) is 10.4 Å². The Labute approximate surface area is 184 Å². The molecule has 0 amide bonds. The molecule has 3 unspecified atom stereocenters. The molecule has 0 aliphatic carbocycles. The van der Waals surface area contributed by atoms with Crippen LogP contribution in [0.15, 0.2) is 22.2 Å². The highest BCUT2D eigenvalue weighted by Gasteiger charge is 2.43. The first-order valence-electron chi connectivity index (χ1n) is 8.59. The first kappa shape index (κ1) is 27.6. The van der Waals surface area contributed by atoms with Crippen LogP contribution in [0.5, 0.6) is 0 Å². The lowest BCUT2D eigenvalue weighted by Gasteiger charge is -2.22. The van der Waals surface area contributed by atoms with Crippen LogP contribution in [0.1, 0.15) is 19.6 Å². The first-order chi connectivity index (χ1) is 15.1. The summed E-state index contributed by atoms with van der Waals surface area (Å²) in [5.74, 6) is -0.0526. The minimum Gasteiger partial charge on any atom is -0.383 e. The topological polar surface area (TPSA) is 288 Å². The van der Waals surface area contributed by atoms with E-state index in [9.17, 15) is 28.3 Å². The summed E-state index contributed by atoms with van der Waals surface area (Å²) in [4.78, 5) is 54.1. The highest BCUT2D eigenvalue weighted by atomic mass is 31.3. The third-order valence-corrected chi connectivity index (χ3v) is 7.55. The summed E-state index contributed by atoms with van der Waals surface area (Å²) in [6.07, 6.45) is -3.05. The zero-order valence-electron chi connectivity index (χ0n) is 16.5. The Morgan fingerprint density at radius 2 is 2.00 bits per heavy atom. The van der Waals surface area contributed by atoms with Gasteiger partial charge in [0, 0.05) is 17.5 Å². The molecule has 1 aromatic rings. The van der Waals surface area contributed by atoms with Gasteiger partial charge in [-0.1, -0.05) is 5.11 Å². The number of hydrogen-bond donors (Lipinski definition) is 5. The van der Waals surface area contributed by atoms with E-state index in [2.05, 4.69) is 28.2 Å². The molecule has 1 aliphatic heterocycles. The van der Waals surface area contributed by atoms with Crippen molar-refractivity contribution < 1.29 is 55.9 Å². The SMILES string of the molecule is C[C@H](N=[N+]=[N-])OC1C[C@H](n2ccc(N)nc2=O)O[C@@H]1COP(=O)(O)OP(=O)(O)OP(=O)(O)O. The Balaban J connectivity index is 2.15. The van der Waals surface area contributed by atoms with Crippen LogP contribution < -0.4 is 11.4 Å². The number of aromatic nitrogens is 2. The molecule has 1 saturated heterocycles. The van der Waals surface area contributed by atoms with Gasteiger partial charge in [-0.15, -0.1) is 0 Å². The van der Waals surface area contributed by atoms with Gasteiger partial charge in [-0.05, 0) is 18.5 Å². The van der Waals surface area contributed by atoms with E-state index in [1.165, 1.54) is 19.2 Å². The molecule has 19 nitrogen and oxygen atoms in total. The fraction of sp³-hybridized carbons (Fsp3) is 0.636. The Morgan fingerprint density at radius 1 is 1.33 bits per heavy atom. The molecule has 0 radical (unpaired) electrons. The summed E-state index contributed by atoms with van der Waals surface area (Å²) in [5, 5.41) is 3.32. The minimum absolute atomic E-state index is 0.0526. The average molecular weight is 536 g/mol. The zero-order chi connectivity index (χ0) is 25.0. The number of rotatable bonds is 11. The van der Waals surface area contributed by atoms with Crippen molar-refractivity contribution in [2.75, 3.05) is 12.3 Å². The number of nitrogen functional groups attached to an aromatic ring is 1. The monoisotopic (exact) mass is 536 g/mol. The van der Waals surface area contributed by atoms with Crippen molar-refractivity contribution in [3.8, 4) is 0 Å². The van der Waals surface area contributed by atoms with Gasteiger partial charge in [0.25, 0.3) is 0 Å². The molecule has 1 aromatic heterocycles. The molecule has 0 bridgehead atoms. The van der Waals surface area contributed by atoms with Crippen LogP contribution in [-0.4, -0.2) is 54.2 Å². The van der Waals surface area contributed by atoms with E-state index in [0.29, 0.717) is 0 Å².